The minimum absolute atomic E-state index is 0.0578. The van der Waals surface area contributed by atoms with Crippen LogP contribution in [0.15, 0.2) is 0 Å². The van der Waals surface area contributed by atoms with Crippen LogP contribution in [0.25, 0.3) is 0 Å². The molecule has 0 amide bonds. The molecule has 0 aliphatic heterocycles. The molecular weight excluding hydrogens is 400 g/mol. The monoisotopic (exact) mass is 444 g/mol. The standard InChI is InChI=1S/C23H44N2O6/c1-20(2,3)29-17(26)11-10-16(24)23(25,14-12-18(27)30-21(4,5)6)15-13-19(28)31-22(7,8)9/h16H,10-15,24-25H2,1-9H3. The Balaban J connectivity index is 5.15. The molecule has 0 heterocycles. The van der Waals surface area contributed by atoms with E-state index >= 15 is 0 Å². The topological polar surface area (TPSA) is 131 Å². The predicted molar refractivity (Wildman–Crippen MR) is 120 cm³/mol. The first-order valence-corrected chi connectivity index (χ1v) is 10.9. The lowest BCUT2D eigenvalue weighted by molar-refractivity contribution is -0.157. The van der Waals surface area contributed by atoms with Gasteiger partial charge < -0.3 is 25.7 Å². The van der Waals surface area contributed by atoms with E-state index in [2.05, 4.69) is 0 Å². The molecule has 0 aromatic carbocycles. The molecule has 0 fully saturated rings. The average molecular weight is 445 g/mol. The van der Waals surface area contributed by atoms with E-state index in [-0.39, 0.29) is 56.4 Å². The highest BCUT2D eigenvalue weighted by Gasteiger charge is 2.35. The molecule has 0 aliphatic carbocycles. The van der Waals surface area contributed by atoms with Crippen LogP contribution in [0.5, 0.6) is 0 Å². The summed E-state index contributed by atoms with van der Waals surface area (Å²) >= 11 is 0. The highest BCUT2D eigenvalue weighted by atomic mass is 16.6. The van der Waals surface area contributed by atoms with E-state index < -0.39 is 28.4 Å². The predicted octanol–water partition coefficient (Wildman–Crippen LogP) is 3.38. The second kappa shape index (κ2) is 11.3. The summed E-state index contributed by atoms with van der Waals surface area (Å²) in [5.41, 5.74) is 10.1. The maximum absolute atomic E-state index is 12.2. The van der Waals surface area contributed by atoms with Gasteiger partial charge >= 0.3 is 17.9 Å². The van der Waals surface area contributed by atoms with Gasteiger partial charge in [0.25, 0.3) is 0 Å². The molecule has 0 saturated heterocycles. The number of ether oxygens (including phenoxy) is 3. The van der Waals surface area contributed by atoms with Crippen molar-refractivity contribution in [3.8, 4) is 0 Å². The van der Waals surface area contributed by atoms with Crippen molar-refractivity contribution >= 4 is 17.9 Å². The van der Waals surface area contributed by atoms with E-state index in [1.54, 1.807) is 62.3 Å². The van der Waals surface area contributed by atoms with Gasteiger partial charge in [0.15, 0.2) is 0 Å². The van der Waals surface area contributed by atoms with Crippen molar-refractivity contribution in [2.45, 2.75) is 129 Å². The van der Waals surface area contributed by atoms with Crippen LogP contribution in [0.2, 0.25) is 0 Å². The highest BCUT2D eigenvalue weighted by molar-refractivity contribution is 5.71. The molecule has 0 rings (SSSR count). The summed E-state index contributed by atoms with van der Waals surface area (Å²) in [7, 11) is 0. The molecule has 0 bridgehead atoms. The zero-order chi connectivity index (χ0) is 24.7. The van der Waals surface area contributed by atoms with Crippen molar-refractivity contribution in [1.29, 1.82) is 0 Å². The summed E-state index contributed by atoms with van der Waals surface area (Å²) in [5.74, 6) is -1.15. The molecule has 8 nitrogen and oxygen atoms in total. The molecule has 0 aromatic rings. The van der Waals surface area contributed by atoms with Crippen molar-refractivity contribution in [3.05, 3.63) is 0 Å². The van der Waals surface area contributed by atoms with Crippen LogP contribution in [0.1, 0.15) is 101 Å². The van der Waals surface area contributed by atoms with E-state index in [9.17, 15) is 14.4 Å². The lowest BCUT2D eigenvalue weighted by atomic mass is 9.80. The molecule has 182 valence electrons. The number of nitrogens with two attached hydrogens (primary N) is 2. The van der Waals surface area contributed by atoms with Gasteiger partial charge in [0, 0.05) is 30.8 Å². The summed E-state index contributed by atoms with van der Waals surface area (Å²) in [6.45, 7) is 16.1. The Bertz CT molecular complexity index is 579. The largest absolute Gasteiger partial charge is 0.460 e. The van der Waals surface area contributed by atoms with Crippen molar-refractivity contribution in [2.24, 2.45) is 11.5 Å². The van der Waals surface area contributed by atoms with Gasteiger partial charge in [-0.05, 0) is 81.6 Å². The second-order valence-electron chi connectivity index (χ2n) is 11.1. The average Bonchev–Trinajstić information content (AvgIpc) is 2.51. The van der Waals surface area contributed by atoms with Gasteiger partial charge in [-0.1, -0.05) is 0 Å². The quantitative estimate of drug-likeness (QED) is 0.387. The van der Waals surface area contributed by atoms with Crippen LogP contribution in [0, 0.1) is 0 Å². The Morgan fingerprint density at radius 2 is 0.935 bits per heavy atom. The minimum Gasteiger partial charge on any atom is -0.460 e. The van der Waals surface area contributed by atoms with Crippen LogP contribution < -0.4 is 11.5 Å². The normalized spacial score (nSPS) is 14.0. The van der Waals surface area contributed by atoms with Gasteiger partial charge in [-0.3, -0.25) is 14.4 Å². The van der Waals surface area contributed by atoms with Gasteiger partial charge in [0.05, 0.1) is 0 Å². The number of rotatable bonds is 10. The van der Waals surface area contributed by atoms with E-state index in [0.717, 1.165) is 0 Å². The first-order valence-electron chi connectivity index (χ1n) is 10.9. The third-order valence-corrected chi connectivity index (χ3v) is 4.25. The molecule has 0 aromatic heterocycles. The zero-order valence-electron chi connectivity index (χ0n) is 20.9. The Kier molecular flexibility index (Phi) is 10.7. The van der Waals surface area contributed by atoms with Gasteiger partial charge in [-0.2, -0.15) is 0 Å². The maximum atomic E-state index is 12.2. The van der Waals surface area contributed by atoms with Gasteiger partial charge in [0.2, 0.25) is 0 Å². The lowest BCUT2D eigenvalue weighted by Gasteiger charge is -2.36. The first-order chi connectivity index (χ1) is 13.7. The summed E-state index contributed by atoms with van der Waals surface area (Å²) in [4.78, 5) is 36.5. The minimum atomic E-state index is -1.05. The van der Waals surface area contributed by atoms with Gasteiger partial charge in [-0.15, -0.1) is 0 Å². The Morgan fingerprint density at radius 3 is 1.23 bits per heavy atom. The fourth-order valence-corrected chi connectivity index (χ4v) is 2.90. The van der Waals surface area contributed by atoms with Crippen LogP contribution in [0.3, 0.4) is 0 Å². The number of carbonyl (C=O) groups is 3. The molecule has 31 heavy (non-hydrogen) atoms. The fraction of sp³-hybridized carbons (Fsp3) is 0.870. The summed E-state index contributed by atoms with van der Waals surface area (Å²) < 4.78 is 16.0. The van der Waals surface area contributed by atoms with E-state index in [0.29, 0.717) is 0 Å². The fourth-order valence-electron chi connectivity index (χ4n) is 2.90. The smallest absolute Gasteiger partial charge is 0.306 e. The summed E-state index contributed by atoms with van der Waals surface area (Å²) in [6.07, 6.45) is 0.926. The molecule has 1 atom stereocenters. The molecule has 0 radical (unpaired) electrons. The third kappa shape index (κ3) is 14.9. The van der Waals surface area contributed by atoms with Crippen LogP contribution in [-0.4, -0.2) is 46.3 Å². The van der Waals surface area contributed by atoms with Crippen molar-refractivity contribution in [3.63, 3.8) is 0 Å². The van der Waals surface area contributed by atoms with Crippen molar-refractivity contribution < 1.29 is 28.6 Å². The second-order valence-corrected chi connectivity index (χ2v) is 11.1. The zero-order valence-corrected chi connectivity index (χ0v) is 20.9. The number of hydrogen-bond donors (Lipinski definition) is 2. The SMILES string of the molecule is CC(C)(C)OC(=O)CCC(N)C(N)(CCC(=O)OC(C)(C)C)CCC(=O)OC(C)(C)C. The summed E-state index contributed by atoms with van der Waals surface area (Å²) in [6, 6.07) is -0.620. The van der Waals surface area contributed by atoms with Crippen LogP contribution in [-0.2, 0) is 28.6 Å². The number of carbonyl (C=O) groups excluding carboxylic acids is 3. The third-order valence-electron chi connectivity index (χ3n) is 4.25. The maximum Gasteiger partial charge on any atom is 0.306 e. The first kappa shape index (κ1) is 29.3. The van der Waals surface area contributed by atoms with Crippen molar-refractivity contribution in [1.82, 2.24) is 0 Å². The van der Waals surface area contributed by atoms with E-state index in [4.69, 9.17) is 25.7 Å². The Morgan fingerprint density at radius 1 is 0.645 bits per heavy atom. The Hall–Kier alpha value is -1.67. The van der Waals surface area contributed by atoms with E-state index in [1.165, 1.54) is 0 Å². The molecule has 0 aliphatic rings. The van der Waals surface area contributed by atoms with E-state index in [1.807, 2.05) is 0 Å². The number of esters is 3. The van der Waals surface area contributed by atoms with Gasteiger partial charge in [-0.25, -0.2) is 0 Å². The van der Waals surface area contributed by atoms with Crippen molar-refractivity contribution in [2.75, 3.05) is 0 Å². The number of hydrogen-bond acceptors (Lipinski definition) is 8. The molecule has 0 saturated carbocycles. The van der Waals surface area contributed by atoms with Gasteiger partial charge in [0.1, 0.15) is 16.8 Å². The molecule has 0 spiro atoms. The molecule has 1 unspecified atom stereocenters. The molecule has 8 heteroatoms. The van der Waals surface area contributed by atoms with Crippen LogP contribution in [0.4, 0.5) is 0 Å². The highest BCUT2D eigenvalue weighted by Crippen LogP contribution is 2.25. The van der Waals surface area contributed by atoms with Crippen LogP contribution >= 0.6 is 0 Å². The molecule has 4 N–H and O–H groups in total. The molecular formula is C23H44N2O6. The summed E-state index contributed by atoms with van der Waals surface area (Å²) in [5, 5.41) is 0. The Labute approximate surface area is 187 Å². The lowest BCUT2D eigenvalue weighted by Crippen LogP contribution is -2.56.